The first-order valence-corrected chi connectivity index (χ1v) is 9.67. The number of nitrogens with zero attached hydrogens (tertiary/aromatic N) is 2. The standard InChI is InChI=1S/C19H20Cl2N2S/c1-12(2)23-19(9-15-6-16(20)10-17(21)7-15)18(13(3)22-23)8-14-4-5-24-11-14/h4-7,10-12H,8-9H2,1-3H3. The molecule has 0 N–H and O–H groups in total. The molecule has 3 aromatic rings. The molecule has 0 bridgehead atoms. The molecule has 0 aliphatic carbocycles. The highest BCUT2D eigenvalue weighted by Gasteiger charge is 2.18. The van der Waals surface area contributed by atoms with Gasteiger partial charge in [-0.25, -0.2) is 0 Å². The highest BCUT2D eigenvalue weighted by molar-refractivity contribution is 7.07. The Morgan fingerprint density at radius 2 is 1.79 bits per heavy atom. The van der Waals surface area contributed by atoms with Gasteiger partial charge in [-0.05, 0) is 66.9 Å². The Morgan fingerprint density at radius 1 is 1.08 bits per heavy atom. The zero-order chi connectivity index (χ0) is 17.3. The third-order valence-corrected chi connectivity index (χ3v) is 5.23. The molecule has 0 aliphatic rings. The third kappa shape index (κ3) is 3.85. The van der Waals surface area contributed by atoms with Crippen LogP contribution < -0.4 is 0 Å². The molecule has 1 aromatic carbocycles. The number of benzene rings is 1. The van der Waals surface area contributed by atoms with Gasteiger partial charge in [-0.1, -0.05) is 23.2 Å². The van der Waals surface area contributed by atoms with Crippen LogP contribution in [0.1, 0.15) is 48.0 Å². The van der Waals surface area contributed by atoms with Crippen LogP contribution in [0.3, 0.4) is 0 Å². The van der Waals surface area contributed by atoms with E-state index in [0.29, 0.717) is 16.1 Å². The van der Waals surface area contributed by atoms with Crippen molar-refractivity contribution in [3.8, 4) is 0 Å². The highest BCUT2D eigenvalue weighted by atomic mass is 35.5. The molecule has 0 unspecified atom stereocenters. The number of thiophene rings is 1. The first kappa shape index (κ1) is 17.5. The molecule has 0 saturated carbocycles. The van der Waals surface area contributed by atoms with Crippen LogP contribution in [-0.4, -0.2) is 9.78 Å². The normalized spacial score (nSPS) is 11.4. The lowest BCUT2D eigenvalue weighted by Gasteiger charge is -2.13. The summed E-state index contributed by atoms with van der Waals surface area (Å²) in [6.45, 7) is 6.42. The third-order valence-electron chi connectivity index (χ3n) is 4.06. The fraction of sp³-hybridized carbons (Fsp3) is 0.316. The Morgan fingerprint density at radius 3 is 2.38 bits per heavy atom. The van der Waals surface area contributed by atoms with Gasteiger partial charge in [0.1, 0.15) is 0 Å². The molecule has 3 rings (SSSR count). The minimum absolute atomic E-state index is 0.310. The monoisotopic (exact) mass is 378 g/mol. The molecule has 2 aromatic heterocycles. The van der Waals surface area contributed by atoms with Crippen LogP contribution in [-0.2, 0) is 12.8 Å². The van der Waals surface area contributed by atoms with Gasteiger partial charge in [0, 0.05) is 40.2 Å². The second-order valence-electron chi connectivity index (χ2n) is 6.31. The molecule has 2 heterocycles. The van der Waals surface area contributed by atoms with Crippen LogP contribution in [0.4, 0.5) is 0 Å². The Hall–Kier alpha value is -1.29. The van der Waals surface area contributed by atoms with Crippen molar-refractivity contribution in [3.05, 3.63) is 73.1 Å². The van der Waals surface area contributed by atoms with Gasteiger partial charge in [0.2, 0.25) is 0 Å². The van der Waals surface area contributed by atoms with Crippen molar-refractivity contribution in [2.75, 3.05) is 0 Å². The molecular weight excluding hydrogens is 359 g/mol. The lowest BCUT2D eigenvalue weighted by molar-refractivity contribution is 0.510. The van der Waals surface area contributed by atoms with E-state index in [4.69, 9.17) is 28.3 Å². The second kappa shape index (κ2) is 7.30. The zero-order valence-corrected chi connectivity index (χ0v) is 16.3. The zero-order valence-electron chi connectivity index (χ0n) is 14.0. The quantitative estimate of drug-likeness (QED) is 0.507. The Labute approximate surface area is 157 Å². The minimum atomic E-state index is 0.310. The summed E-state index contributed by atoms with van der Waals surface area (Å²) in [5.74, 6) is 0. The van der Waals surface area contributed by atoms with E-state index in [9.17, 15) is 0 Å². The Balaban J connectivity index is 2.03. The highest BCUT2D eigenvalue weighted by Crippen LogP contribution is 2.27. The molecule has 126 valence electrons. The average molecular weight is 379 g/mol. The molecular formula is C19H20Cl2N2S. The number of aryl methyl sites for hydroxylation is 1. The molecule has 24 heavy (non-hydrogen) atoms. The first-order valence-electron chi connectivity index (χ1n) is 7.97. The van der Waals surface area contributed by atoms with Gasteiger partial charge >= 0.3 is 0 Å². The van der Waals surface area contributed by atoms with Crippen LogP contribution in [0.15, 0.2) is 35.0 Å². The van der Waals surface area contributed by atoms with Gasteiger partial charge in [0.25, 0.3) is 0 Å². The fourth-order valence-electron chi connectivity index (χ4n) is 2.98. The topological polar surface area (TPSA) is 17.8 Å². The van der Waals surface area contributed by atoms with Gasteiger partial charge in [0.15, 0.2) is 0 Å². The number of hydrogen-bond donors (Lipinski definition) is 0. The molecule has 0 aliphatic heterocycles. The van der Waals surface area contributed by atoms with E-state index in [1.54, 1.807) is 17.4 Å². The van der Waals surface area contributed by atoms with E-state index in [1.807, 2.05) is 12.1 Å². The summed E-state index contributed by atoms with van der Waals surface area (Å²) in [5, 5.41) is 10.4. The summed E-state index contributed by atoms with van der Waals surface area (Å²) in [5.41, 5.74) is 6.08. The second-order valence-corrected chi connectivity index (χ2v) is 7.96. The van der Waals surface area contributed by atoms with Crippen molar-refractivity contribution in [1.82, 2.24) is 9.78 Å². The molecule has 0 amide bonds. The molecule has 0 saturated heterocycles. The van der Waals surface area contributed by atoms with Gasteiger partial charge in [-0.3, -0.25) is 4.68 Å². The average Bonchev–Trinajstić information content (AvgIpc) is 3.09. The van der Waals surface area contributed by atoms with Crippen LogP contribution in [0, 0.1) is 6.92 Å². The van der Waals surface area contributed by atoms with E-state index >= 15 is 0 Å². The van der Waals surface area contributed by atoms with Crippen molar-refractivity contribution >= 4 is 34.5 Å². The molecule has 0 fully saturated rings. The van der Waals surface area contributed by atoms with E-state index in [2.05, 4.69) is 42.3 Å². The summed E-state index contributed by atoms with van der Waals surface area (Å²) in [6.07, 6.45) is 1.68. The van der Waals surface area contributed by atoms with Crippen LogP contribution in [0.5, 0.6) is 0 Å². The van der Waals surface area contributed by atoms with E-state index in [1.165, 1.54) is 16.8 Å². The van der Waals surface area contributed by atoms with Gasteiger partial charge in [-0.15, -0.1) is 0 Å². The molecule has 0 spiro atoms. The van der Waals surface area contributed by atoms with Gasteiger partial charge in [0.05, 0.1) is 5.69 Å². The first-order chi connectivity index (χ1) is 11.4. The number of halogens is 2. The molecule has 2 nitrogen and oxygen atoms in total. The van der Waals surface area contributed by atoms with Gasteiger partial charge in [-0.2, -0.15) is 16.4 Å². The van der Waals surface area contributed by atoms with Crippen molar-refractivity contribution in [1.29, 1.82) is 0 Å². The van der Waals surface area contributed by atoms with Crippen molar-refractivity contribution in [3.63, 3.8) is 0 Å². The number of hydrogen-bond acceptors (Lipinski definition) is 2. The van der Waals surface area contributed by atoms with Gasteiger partial charge < -0.3 is 0 Å². The summed E-state index contributed by atoms with van der Waals surface area (Å²) >= 11 is 14.1. The summed E-state index contributed by atoms with van der Waals surface area (Å²) in [4.78, 5) is 0. The molecule has 0 atom stereocenters. The maximum absolute atomic E-state index is 6.17. The number of aromatic nitrogens is 2. The number of rotatable bonds is 5. The van der Waals surface area contributed by atoms with Crippen molar-refractivity contribution in [2.45, 2.75) is 39.7 Å². The lowest BCUT2D eigenvalue weighted by Crippen LogP contribution is -2.09. The summed E-state index contributed by atoms with van der Waals surface area (Å²) < 4.78 is 2.13. The molecule has 0 radical (unpaired) electrons. The van der Waals surface area contributed by atoms with Crippen LogP contribution in [0.2, 0.25) is 10.0 Å². The Bertz CT molecular complexity index is 815. The summed E-state index contributed by atoms with van der Waals surface area (Å²) in [6, 6.07) is 8.22. The predicted octanol–water partition coefficient (Wildman–Crippen LogP) is 6.32. The predicted molar refractivity (Wildman–Crippen MR) is 104 cm³/mol. The van der Waals surface area contributed by atoms with Crippen molar-refractivity contribution in [2.24, 2.45) is 0 Å². The fourth-order valence-corrected chi connectivity index (χ4v) is 4.22. The smallest absolute Gasteiger partial charge is 0.0632 e. The van der Waals surface area contributed by atoms with Crippen LogP contribution in [0.25, 0.3) is 0 Å². The molecule has 5 heteroatoms. The van der Waals surface area contributed by atoms with E-state index in [0.717, 1.165) is 24.1 Å². The van der Waals surface area contributed by atoms with E-state index in [-0.39, 0.29) is 0 Å². The van der Waals surface area contributed by atoms with E-state index < -0.39 is 0 Å². The Kier molecular flexibility index (Phi) is 5.33. The lowest BCUT2D eigenvalue weighted by atomic mass is 10.0. The minimum Gasteiger partial charge on any atom is -0.266 e. The SMILES string of the molecule is Cc1nn(C(C)C)c(Cc2cc(Cl)cc(Cl)c2)c1Cc1ccsc1. The largest absolute Gasteiger partial charge is 0.266 e. The maximum atomic E-state index is 6.17. The maximum Gasteiger partial charge on any atom is 0.0632 e. The van der Waals surface area contributed by atoms with Crippen LogP contribution >= 0.6 is 34.5 Å². The van der Waals surface area contributed by atoms with Crippen molar-refractivity contribution < 1.29 is 0 Å². The summed E-state index contributed by atoms with van der Waals surface area (Å²) in [7, 11) is 0.